The van der Waals surface area contributed by atoms with Gasteiger partial charge in [-0.15, -0.1) is 12.4 Å². The molecule has 2 aliphatic rings. The number of halogens is 1. The zero-order chi connectivity index (χ0) is 20.4. The lowest BCUT2D eigenvalue weighted by Crippen LogP contribution is -2.63. The fourth-order valence-electron chi connectivity index (χ4n) is 4.06. The fourth-order valence-corrected chi connectivity index (χ4v) is 4.06. The molecule has 160 valence electrons. The van der Waals surface area contributed by atoms with Crippen molar-refractivity contribution in [3.8, 4) is 0 Å². The summed E-state index contributed by atoms with van der Waals surface area (Å²) in [4.78, 5) is 27.0. The Bertz CT molecular complexity index is 864. The van der Waals surface area contributed by atoms with E-state index in [0.29, 0.717) is 24.1 Å². The van der Waals surface area contributed by atoms with Crippen LogP contribution in [0.2, 0.25) is 0 Å². The number of hydrogen-bond donors (Lipinski definition) is 2. The van der Waals surface area contributed by atoms with Gasteiger partial charge in [0.05, 0.1) is 23.3 Å². The molecule has 30 heavy (non-hydrogen) atoms. The molecule has 0 bridgehead atoms. The Morgan fingerprint density at radius 1 is 0.867 bits per heavy atom. The maximum absolute atomic E-state index is 12.6. The number of carbonyl (C=O) groups is 2. The molecule has 2 heterocycles. The smallest absolute Gasteiger partial charge is 0.338 e. The topological polar surface area (TPSA) is 96.3 Å². The molecule has 5 atom stereocenters. The van der Waals surface area contributed by atoms with Crippen LogP contribution in [0.4, 0.5) is 0 Å². The third-order valence-corrected chi connectivity index (χ3v) is 5.52. The number of carbonyl (C=O) groups excluding carboxylic acids is 2. The van der Waals surface area contributed by atoms with Gasteiger partial charge in [-0.05, 0) is 30.7 Å². The molecule has 2 fully saturated rings. The molecule has 0 spiro atoms. The molecule has 2 N–H and O–H groups in total. The van der Waals surface area contributed by atoms with Crippen LogP contribution in [0.3, 0.4) is 0 Å². The molecule has 2 saturated heterocycles. The van der Waals surface area contributed by atoms with E-state index in [0.717, 1.165) is 0 Å². The molecule has 4 rings (SSSR count). The zero-order valence-electron chi connectivity index (χ0n) is 16.2. The summed E-state index contributed by atoms with van der Waals surface area (Å²) in [6.45, 7) is 0.839. The Balaban J connectivity index is 0.00000256. The first-order valence-electron chi connectivity index (χ1n) is 9.67. The van der Waals surface area contributed by atoms with Crippen molar-refractivity contribution in [2.75, 3.05) is 13.1 Å². The normalized spacial score (nSPS) is 28.1. The summed E-state index contributed by atoms with van der Waals surface area (Å²) in [6, 6.07) is 16.4. The summed E-state index contributed by atoms with van der Waals surface area (Å²) in [5.74, 6) is -1.17. The van der Waals surface area contributed by atoms with Crippen LogP contribution >= 0.6 is 12.4 Å². The van der Waals surface area contributed by atoms with E-state index < -0.39 is 42.4 Å². The van der Waals surface area contributed by atoms with Gasteiger partial charge in [0.2, 0.25) is 0 Å². The molecule has 0 amide bonds. The van der Waals surface area contributed by atoms with Crippen molar-refractivity contribution in [2.24, 2.45) is 0 Å². The highest BCUT2D eigenvalue weighted by atomic mass is 35.5. The second kappa shape index (κ2) is 9.57. The van der Waals surface area contributed by atoms with Crippen molar-refractivity contribution in [1.29, 1.82) is 0 Å². The third-order valence-electron chi connectivity index (χ3n) is 5.52. The van der Waals surface area contributed by atoms with Gasteiger partial charge in [-0.2, -0.15) is 0 Å². The summed E-state index contributed by atoms with van der Waals surface area (Å²) in [7, 11) is 0. The maximum atomic E-state index is 12.6. The van der Waals surface area contributed by atoms with E-state index in [2.05, 4.69) is 0 Å². The third kappa shape index (κ3) is 4.49. The van der Waals surface area contributed by atoms with Crippen molar-refractivity contribution in [1.82, 2.24) is 4.90 Å². The van der Waals surface area contributed by atoms with Crippen molar-refractivity contribution in [3.05, 3.63) is 71.8 Å². The van der Waals surface area contributed by atoms with Gasteiger partial charge in [0.25, 0.3) is 0 Å². The number of fused-ring (bicyclic) bond motifs is 1. The predicted octanol–water partition coefficient (Wildman–Crippen LogP) is 1.67. The molecule has 0 unspecified atom stereocenters. The van der Waals surface area contributed by atoms with Gasteiger partial charge in [0, 0.05) is 13.1 Å². The Kier molecular flexibility index (Phi) is 7.10. The lowest BCUT2D eigenvalue weighted by molar-refractivity contribution is -0.147. The van der Waals surface area contributed by atoms with Crippen LogP contribution in [0.15, 0.2) is 60.7 Å². The maximum Gasteiger partial charge on any atom is 0.338 e. The first-order chi connectivity index (χ1) is 14.0. The lowest BCUT2D eigenvalue weighted by atomic mass is 9.92. The van der Waals surface area contributed by atoms with Gasteiger partial charge in [-0.1, -0.05) is 36.4 Å². The molecule has 8 heteroatoms. The van der Waals surface area contributed by atoms with E-state index in [1.807, 2.05) is 4.90 Å². The molecule has 0 aromatic heterocycles. The highest BCUT2D eigenvalue weighted by Crippen LogP contribution is 2.31. The summed E-state index contributed by atoms with van der Waals surface area (Å²) in [6.07, 6.45) is -3.34. The Hall–Kier alpha value is -2.45. The van der Waals surface area contributed by atoms with Crippen LogP contribution in [-0.4, -0.2) is 70.6 Å². The molecule has 7 nitrogen and oxygen atoms in total. The van der Waals surface area contributed by atoms with Crippen LogP contribution in [0, 0.1) is 0 Å². The number of benzene rings is 2. The van der Waals surface area contributed by atoms with Crippen molar-refractivity contribution in [2.45, 2.75) is 36.9 Å². The number of aliphatic hydroxyl groups excluding tert-OH is 2. The van der Waals surface area contributed by atoms with Gasteiger partial charge in [-0.25, -0.2) is 9.59 Å². The van der Waals surface area contributed by atoms with Crippen LogP contribution in [-0.2, 0) is 9.47 Å². The highest BCUT2D eigenvalue weighted by molar-refractivity contribution is 5.90. The summed E-state index contributed by atoms with van der Waals surface area (Å²) in [5, 5.41) is 21.1. The molecule has 2 aromatic rings. The average molecular weight is 434 g/mol. The SMILES string of the molecule is Cl.O=C(O[C@H]1[C@H](O)[C@H]2[C@@H](O)CCN2C[C@@H]1OC(=O)c1ccccc1)c1ccccc1. The van der Waals surface area contributed by atoms with Crippen molar-refractivity contribution in [3.63, 3.8) is 0 Å². The summed E-state index contributed by atoms with van der Waals surface area (Å²) < 4.78 is 11.2. The number of hydrogen-bond acceptors (Lipinski definition) is 7. The first-order valence-corrected chi connectivity index (χ1v) is 9.67. The molecule has 2 aliphatic heterocycles. The quantitative estimate of drug-likeness (QED) is 0.708. The van der Waals surface area contributed by atoms with Gasteiger partial charge >= 0.3 is 11.9 Å². The molecular weight excluding hydrogens is 410 g/mol. The minimum absolute atomic E-state index is 0. The van der Waals surface area contributed by atoms with E-state index in [4.69, 9.17) is 9.47 Å². The number of rotatable bonds is 4. The predicted molar refractivity (Wildman–Crippen MR) is 111 cm³/mol. The second-order valence-electron chi connectivity index (χ2n) is 7.38. The number of esters is 2. The van der Waals surface area contributed by atoms with Crippen LogP contribution < -0.4 is 0 Å². The summed E-state index contributed by atoms with van der Waals surface area (Å²) >= 11 is 0. The largest absolute Gasteiger partial charge is 0.453 e. The molecule has 0 saturated carbocycles. The van der Waals surface area contributed by atoms with Gasteiger partial charge in [0.15, 0.2) is 12.2 Å². The van der Waals surface area contributed by atoms with Gasteiger partial charge in [0.1, 0.15) is 6.10 Å². The molecule has 0 radical (unpaired) electrons. The minimum Gasteiger partial charge on any atom is -0.453 e. The standard InChI is InChI=1S/C22H23NO6.ClH/c24-16-11-12-23-13-17(28-21(26)14-7-3-1-4-8-14)20(19(25)18(16)23)29-22(27)15-9-5-2-6-10-15;/h1-10,16-20,24-25H,11-13H2;1H/t16-,17-,18+,19+,20+;/m0./s1. The zero-order valence-corrected chi connectivity index (χ0v) is 17.0. The number of ether oxygens (including phenoxy) is 2. The summed E-state index contributed by atoms with van der Waals surface area (Å²) in [5.41, 5.74) is 0.709. The van der Waals surface area contributed by atoms with E-state index >= 15 is 0 Å². The van der Waals surface area contributed by atoms with E-state index in [1.54, 1.807) is 60.7 Å². The van der Waals surface area contributed by atoms with Crippen LogP contribution in [0.25, 0.3) is 0 Å². The monoisotopic (exact) mass is 433 g/mol. The number of piperidine rings is 1. The Morgan fingerprint density at radius 2 is 1.40 bits per heavy atom. The van der Waals surface area contributed by atoms with Crippen LogP contribution in [0.1, 0.15) is 27.1 Å². The van der Waals surface area contributed by atoms with Crippen LogP contribution in [0.5, 0.6) is 0 Å². The first kappa shape index (κ1) is 22.2. The van der Waals surface area contributed by atoms with E-state index in [1.165, 1.54) is 0 Å². The van der Waals surface area contributed by atoms with Crippen molar-refractivity contribution >= 4 is 24.3 Å². The Labute approximate surface area is 180 Å². The van der Waals surface area contributed by atoms with E-state index in [9.17, 15) is 19.8 Å². The van der Waals surface area contributed by atoms with Crippen molar-refractivity contribution < 1.29 is 29.3 Å². The molecule has 0 aliphatic carbocycles. The number of nitrogens with zero attached hydrogens (tertiary/aromatic N) is 1. The lowest BCUT2D eigenvalue weighted by Gasteiger charge is -2.43. The second-order valence-corrected chi connectivity index (χ2v) is 7.38. The van der Waals surface area contributed by atoms with Gasteiger partial charge < -0.3 is 19.7 Å². The Morgan fingerprint density at radius 3 is 1.97 bits per heavy atom. The average Bonchev–Trinajstić information content (AvgIpc) is 3.12. The number of aliphatic hydroxyl groups is 2. The van der Waals surface area contributed by atoms with E-state index in [-0.39, 0.29) is 19.0 Å². The minimum atomic E-state index is -1.18. The van der Waals surface area contributed by atoms with Gasteiger partial charge in [-0.3, -0.25) is 4.90 Å². The molecular formula is C22H24ClNO6. The fraction of sp³-hybridized carbons (Fsp3) is 0.364. The highest BCUT2D eigenvalue weighted by Gasteiger charge is 2.51. The molecule has 2 aromatic carbocycles.